The van der Waals surface area contributed by atoms with Gasteiger partial charge in [-0.3, -0.25) is 18.8 Å². The van der Waals surface area contributed by atoms with Crippen molar-refractivity contribution in [3.63, 3.8) is 0 Å². The van der Waals surface area contributed by atoms with E-state index in [0.717, 1.165) is 12.8 Å². The fourth-order valence-electron chi connectivity index (χ4n) is 3.77. The van der Waals surface area contributed by atoms with Gasteiger partial charge in [0.15, 0.2) is 0 Å². The van der Waals surface area contributed by atoms with Crippen LogP contribution in [0, 0.1) is 5.92 Å². The summed E-state index contributed by atoms with van der Waals surface area (Å²) < 4.78 is 42.2. The number of hydrogen-bond acceptors (Lipinski definition) is 7. The lowest BCUT2D eigenvalue weighted by molar-refractivity contribution is -0.156. The number of rotatable bonds is 3. The van der Waals surface area contributed by atoms with Crippen molar-refractivity contribution in [2.75, 3.05) is 14.2 Å². The van der Waals surface area contributed by atoms with E-state index in [2.05, 4.69) is 4.90 Å². The van der Waals surface area contributed by atoms with Gasteiger partial charge in [0.1, 0.15) is 12.0 Å². The molecule has 0 aliphatic carbocycles. The van der Waals surface area contributed by atoms with Crippen molar-refractivity contribution in [3.05, 3.63) is 35.9 Å². The number of carbonyl (C=O) groups is 2. The number of piperidine rings is 1. The zero-order valence-corrected chi connectivity index (χ0v) is 15.8. The summed E-state index contributed by atoms with van der Waals surface area (Å²) in [4.78, 5) is 26.7. The lowest BCUT2D eigenvalue weighted by atomic mass is 9.87. The number of methoxy groups -OCH3 is 1. The largest absolute Gasteiger partial charge is 0.469 e. The van der Waals surface area contributed by atoms with Crippen LogP contribution in [0.3, 0.4) is 0 Å². The second kappa shape index (κ2) is 8.79. The van der Waals surface area contributed by atoms with E-state index >= 15 is 0 Å². The van der Waals surface area contributed by atoms with Crippen molar-refractivity contribution in [1.29, 1.82) is 0 Å². The average molecular weight is 401 g/mol. The molecule has 3 rings (SSSR count). The Hall–Kier alpha value is -2.01. The fourth-order valence-corrected chi connectivity index (χ4v) is 3.77. The first-order valence-electron chi connectivity index (χ1n) is 8.37. The standard InChI is InChI=1S/C17H21NO4.H2O4S/c1-18-12-8-9-13(18)15(17(20)21-2)14(10-12)22-16(19)11-6-4-3-5-7-11;1-5(2,3)4/h3-7,12-15H,8-10H2,1-2H3;(H2,1,2,3,4). The second-order valence-electron chi connectivity index (χ2n) is 6.51. The summed E-state index contributed by atoms with van der Waals surface area (Å²) in [6, 6.07) is 9.36. The molecule has 2 saturated heterocycles. The van der Waals surface area contributed by atoms with E-state index in [-0.39, 0.29) is 18.0 Å². The summed E-state index contributed by atoms with van der Waals surface area (Å²) in [5, 5.41) is 0. The van der Waals surface area contributed by atoms with Crippen molar-refractivity contribution in [1.82, 2.24) is 4.90 Å². The van der Waals surface area contributed by atoms with Gasteiger partial charge in [-0.25, -0.2) is 4.79 Å². The highest BCUT2D eigenvalue weighted by molar-refractivity contribution is 7.79. The highest BCUT2D eigenvalue weighted by atomic mass is 32.3. The molecule has 0 spiro atoms. The minimum atomic E-state index is -4.67. The average Bonchev–Trinajstić information content (AvgIpc) is 2.84. The third kappa shape index (κ3) is 5.73. The van der Waals surface area contributed by atoms with Gasteiger partial charge in [0.05, 0.1) is 12.7 Å². The zero-order valence-electron chi connectivity index (χ0n) is 15.0. The summed E-state index contributed by atoms with van der Waals surface area (Å²) in [5.41, 5.74) is 0.511. The third-order valence-corrected chi connectivity index (χ3v) is 4.96. The van der Waals surface area contributed by atoms with Gasteiger partial charge in [-0.1, -0.05) is 18.2 Å². The normalized spacial score (nSPS) is 27.3. The molecule has 150 valence electrons. The van der Waals surface area contributed by atoms with Crippen molar-refractivity contribution in [2.24, 2.45) is 5.92 Å². The zero-order chi connectivity index (χ0) is 20.2. The lowest BCUT2D eigenvalue weighted by Crippen LogP contribution is -2.53. The number of benzene rings is 1. The third-order valence-electron chi connectivity index (χ3n) is 4.96. The first kappa shape index (κ1) is 21.3. The maximum atomic E-state index is 12.3. The van der Waals surface area contributed by atoms with E-state index in [1.54, 1.807) is 24.3 Å². The Morgan fingerprint density at radius 2 is 1.74 bits per heavy atom. The molecule has 10 heteroatoms. The smallest absolute Gasteiger partial charge is 0.394 e. The van der Waals surface area contributed by atoms with Gasteiger partial charge >= 0.3 is 22.3 Å². The van der Waals surface area contributed by atoms with E-state index < -0.39 is 22.4 Å². The van der Waals surface area contributed by atoms with E-state index in [4.69, 9.17) is 27.0 Å². The molecule has 0 radical (unpaired) electrons. The van der Waals surface area contributed by atoms with Crippen LogP contribution in [0.25, 0.3) is 0 Å². The quantitative estimate of drug-likeness (QED) is 0.567. The van der Waals surface area contributed by atoms with Gasteiger partial charge < -0.3 is 9.47 Å². The van der Waals surface area contributed by atoms with Crippen molar-refractivity contribution >= 4 is 22.3 Å². The minimum absolute atomic E-state index is 0.0970. The maximum Gasteiger partial charge on any atom is 0.394 e. The Morgan fingerprint density at radius 3 is 2.30 bits per heavy atom. The highest BCUT2D eigenvalue weighted by Gasteiger charge is 2.50. The van der Waals surface area contributed by atoms with Gasteiger partial charge in [0, 0.05) is 18.5 Å². The number of esters is 2. The summed E-state index contributed by atoms with van der Waals surface area (Å²) in [6.45, 7) is 0. The molecule has 9 nitrogen and oxygen atoms in total. The van der Waals surface area contributed by atoms with E-state index in [9.17, 15) is 9.59 Å². The van der Waals surface area contributed by atoms with E-state index in [0.29, 0.717) is 18.0 Å². The van der Waals surface area contributed by atoms with Gasteiger partial charge in [-0.05, 0) is 32.0 Å². The van der Waals surface area contributed by atoms with Crippen LogP contribution in [-0.4, -0.2) is 66.7 Å². The molecule has 4 unspecified atom stereocenters. The minimum Gasteiger partial charge on any atom is -0.469 e. The van der Waals surface area contributed by atoms with E-state index in [1.807, 2.05) is 13.1 Å². The molecular weight excluding hydrogens is 378 g/mol. The van der Waals surface area contributed by atoms with Gasteiger partial charge in [0.25, 0.3) is 0 Å². The summed E-state index contributed by atoms with van der Waals surface area (Å²) in [6.07, 6.45) is 2.26. The van der Waals surface area contributed by atoms with Crippen molar-refractivity contribution in [3.8, 4) is 0 Å². The molecule has 1 aromatic carbocycles. The van der Waals surface area contributed by atoms with Gasteiger partial charge in [-0.2, -0.15) is 8.42 Å². The molecule has 1 aromatic rings. The van der Waals surface area contributed by atoms with Crippen LogP contribution in [-0.2, 0) is 24.7 Å². The van der Waals surface area contributed by atoms with Crippen LogP contribution in [0.15, 0.2) is 30.3 Å². The predicted octanol–water partition coefficient (Wildman–Crippen LogP) is 1.21. The summed E-state index contributed by atoms with van der Waals surface area (Å²) in [5.74, 6) is -1.06. The molecule has 27 heavy (non-hydrogen) atoms. The van der Waals surface area contributed by atoms with Crippen LogP contribution in [0.4, 0.5) is 0 Å². The van der Waals surface area contributed by atoms with Crippen LogP contribution < -0.4 is 0 Å². The number of ether oxygens (including phenoxy) is 2. The Balaban J connectivity index is 0.000000465. The van der Waals surface area contributed by atoms with Gasteiger partial charge in [0.2, 0.25) is 0 Å². The molecular formula is C17H23NO8S. The first-order valence-corrected chi connectivity index (χ1v) is 9.77. The monoisotopic (exact) mass is 401 g/mol. The SMILES string of the molecule is COC(=O)C1C(OC(=O)c2ccccc2)CC2CCC1N2C.O=S(=O)(O)O. The predicted molar refractivity (Wildman–Crippen MR) is 94.5 cm³/mol. The van der Waals surface area contributed by atoms with Crippen molar-refractivity contribution in [2.45, 2.75) is 37.5 Å². The molecule has 2 heterocycles. The Bertz CT molecular complexity index is 758. The number of fused-ring (bicyclic) bond motifs is 2. The Morgan fingerprint density at radius 1 is 1.15 bits per heavy atom. The van der Waals surface area contributed by atoms with Crippen LogP contribution in [0.1, 0.15) is 29.6 Å². The topological polar surface area (TPSA) is 130 Å². The summed E-state index contributed by atoms with van der Waals surface area (Å²) in [7, 11) is -1.24. The summed E-state index contributed by atoms with van der Waals surface area (Å²) >= 11 is 0. The first-order chi connectivity index (χ1) is 12.6. The number of carbonyl (C=O) groups excluding carboxylic acids is 2. The van der Waals surface area contributed by atoms with Crippen LogP contribution >= 0.6 is 0 Å². The molecule has 2 aliphatic rings. The molecule has 0 amide bonds. The molecule has 2 bridgehead atoms. The lowest BCUT2D eigenvalue weighted by Gasteiger charge is -2.40. The molecule has 0 saturated carbocycles. The second-order valence-corrected chi connectivity index (χ2v) is 7.40. The number of hydrogen-bond donors (Lipinski definition) is 2. The fraction of sp³-hybridized carbons (Fsp3) is 0.529. The molecule has 0 aromatic heterocycles. The van der Waals surface area contributed by atoms with Gasteiger partial charge in [-0.15, -0.1) is 0 Å². The van der Waals surface area contributed by atoms with E-state index in [1.165, 1.54) is 7.11 Å². The molecule has 2 N–H and O–H groups in total. The maximum absolute atomic E-state index is 12.3. The Kier molecular flexibility index (Phi) is 6.93. The molecule has 2 aliphatic heterocycles. The Labute approximate surface area is 157 Å². The molecule has 2 fully saturated rings. The molecule has 4 atom stereocenters. The number of nitrogens with zero attached hydrogens (tertiary/aromatic N) is 1. The van der Waals surface area contributed by atoms with Crippen LogP contribution in [0.5, 0.6) is 0 Å². The van der Waals surface area contributed by atoms with Crippen molar-refractivity contribution < 1.29 is 36.6 Å². The highest BCUT2D eigenvalue weighted by Crippen LogP contribution is 2.40. The van der Waals surface area contributed by atoms with Crippen LogP contribution in [0.2, 0.25) is 0 Å².